The second-order valence-corrected chi connectivity index (χ2v) is 7.74. The van der Waals surface area contributed by atoms with Crippen molar-refractivity contribution in [3.8, 4) is 5.75 Å². The molecule has 0 amide bonds. The maximum absolute atomic E-state index is 12.1. The number of ketones is 1. The minimum atomic E-state index is 0.0117. The Kier molecular flexibility index (Phi) is 12.3. The fraction of sp³-hybridized carbons (Fsp3) is 0.444. The normalized spacial score (nSPS) is 11.1. The van der Waals surface area contributed by atoms with Gasteiger partial charge in [0.05, 0.1) is 6.61 Å². The van der Waals surface area contributed by atoms with E-state index in [9.17, 15) is 4.79 Å². The summed E-state index contributed by atoms with van der Waals surface area (Å²) in [6.07, 6.45) is 15.7. The highest BCUT2D eigenvalue weighted by atomic mass is 16.5. The van der Waals surface area contributed by atoms with Gasteiger partial charge in [0.1, 0.15) is 5.75 Å². The average Bonchev–Trinajstić information content (AvgIpc) is 2.79. The van der Waals surface area contributed by atoms with Crippen molar-refractivity contribution >= 4 is 11.9 Å². The van der Waals surface area contributed by atoms with Gasteiger partial charge in [0, 0.05) is 12.2 Å². The third kappa shape index (κ3) is 10.4. The van der Waals surface area contributed by atoms with Crippen LogP contribution in [-0.2, 0) is 0 Å². The van der Waals surface area contributed by atoms with Crippen molar-refractivity contribution in [3.63, 3.8) is 0 Å². The molecule has 0 unspecified atom stereocenters. The number of hydrogen-bond donors (Lipinski definition) is 1. The fourth-order valence-corrected chi connectivity index (χ4v) is 3.36. The average molecular weight is 409 g/mol. The highest BCUT2D eigenvalue weighted by Crippen LogP contribution is 2.15. The number of carbonyl (C=O) groups is 1. The molecule has 0 fully saturated rings. The van der Waals surface area contributed by atoms with Crippen LogP contribution < -0.4 is 4.74 Å². The molecule has 0 bridgehead atoms. The SMILES string of the molecule is O=C(C=Cc1ccc(OCCCCCCCCCCCCO)cc1)c1ccccc1. The third-order valence-corrected chi connectivity index (χ3v) is 5.19. The van der Waals surface area contributed by atoms with Gasteiger partial charge in [-0.15, -0.1) is 0 Å². The summed E-state index contributed by atoms with van der Waals surface area (Å²) in [5.41, 5.74) is 1.69. The Hall–Kier alpha value is -2.39. The number of ether oxygens (including phenoxy) is 1. The first kappa shape index (κ1) is 23.9. The minimum Gasteiger partial charge on any atom is -0.494 e. The predicted octanol–water partition coefficient (Wildman–Crippen LogP) is 6.85. The first-order chi connectivity index (χ1) is 14.8. The van der Waals surface area contributed by atoms with E-state index >= 15 is 0 Å². The lowest BCUT2D eigenvalue weighted by Gasteiger charge is -2.06. The van der Waals surface area contributed by atoms with Gasteiger partial charge in [-0.2, -0.15) is 0 Å². The number of hydrogen-bond acceptors (Lipinski definition) is 3. The van der Waals surface area contributed by atoms with E-state index in [1.807, 2.05) is 60.7 Å². The highest BCUT2D eigenvalue weighted by molar-refractivity contribution is 6.06. The molecule has 1 N–H and O–H groups in total. The first-order valence-corrected chi connectivity index (χ1v) is 11.4. The van der Waals surface area contributed by atoms with Gasteiger partial charge in [0.2, 0.25) is 0 Å². The molecule has 162 valence electrons. The summed E-state index contributed by atoms with van der Waals surface area (Å²) in [6, 6.07) is 17.2. The van der Waals surface area contributed by atoms with E-state index in [2.05, 4.69) is 0 Å². The van der Waals surface area contributed by atoms with E-state index < -0.39 is 0 Å². The number of carbonyl (C=O) groups excluding carboxylic acids is 1. The van der Waals surface area contributed by atoms with Crippen LogP contribution in [-0.4, -0.2) is 24.1 Å². The van der Waals surface area contributed by atoms with Gasteiger partial charge in [0.25, 0.3) is 0 Å². The van der Waals surface area contributed by atoms with Crippen molar-refractivity contribution < 1.29 is 14.6 Å². The molecule has 0 atom stereocenters. The van der Waals surface area contributed by atoms with E-state index in [1.165, 1.54) is 44.9 Å². The highest BCUT2D eigenvalue weighted by Gasteiger charge is 2.00. The smallest absolute Gasteiger partial charge is 0.185 e. The van der Waals surface area contributed by atoms with Crippen molar-refractivity contribution in [1.82, 2.24) is 0 Å². The molecule has 0 aromatic heterocycles. The number of allylic oxidation sites excluding steroid dienone is 1. The summed E-state index contributed by atoms with van der Waals surface area (Å²) in [5.74, 6) is 0.891. The van der Waals surface area contributed by atoms with Gasteiger partial charge in [-0.05, 0) is 36.6 Å². The van der Waals surface area contributed by atoms with Gasteiger partial charge in [-0.3, -0.25) is 4.79 Å². The number of aliphatic hydroxyl groups excluding tert-OH is 1. The Bertz CT molecular complexity index is 720. The lowest BCUT2D eigenvalue weighted by molar-refractivity contribution is 0.104. The molecule has 0 saturated heterocycles. The molecule has 0 aliphatic heterocycles. The molecular formula is C27H36O3. The van der Waals surface area contributed by atoms with E-state index in [-0.39, 0.29) is 5.78 Å². The number of benzene rings is 2. The molecule has 0 aliphatic carbocycles. The molecule has 3 nitrogen and oxygen atoms in total. The standard InChI is InChI=1S/C27H36O3/c28-22-12-7-5-3-1-2-4-6-8-13-23-30-26-19-16-24(17-20-26)18-21-27(29)25-14-10-9-11-15-25/h9-11,14-21,28H,1-8,12-13,22-23H2. The lowest BCUT2D eigenvalue weighted by atomic mass is 10.1. The lowest BCUT2D eigenvalue weighted by Crippen LogP contribution is -1.97. The van der Waals surface area contributed by atoms with Gasteiger partial charge < -0.3 is 9.84 Å². The number of unbranched alkanes of at least 4 members (excludes halogenated alkanes) is 9. The van der Waals surface area contributed by atoms with E-state index in [4.69, 9.17) is 9.84 Å². The van der Waals surface area contributed by atoms with Crippen LogP contribution in [0.5, 0.6) is 5.75 Å². The van der Waals surface area contributed by atoms with Gasteiger partial charge in [0.15, 0.2) is 5.78 Å². The first-order valence-electron chi connectivity index (χ1n) is 11.4. The summed E-state index contributed by atoms with van der Waals surface area (Å²) in [6.45, 7) is 1.09. The maximum Gasteiger partial charge on any atom is 0.185 e. The molecule has 2 aromatic carbocycles. The summed E-state index contributed by atoms with van der Waals surface area (Å²) in [7, 11) is 0. The summed E-state index contributed by atoms with van der Waals surface area (Å²) < 4.78 is 5.83. The van der Waals surface area contributed by atoms with Gasteiger partial charge in [-0.1, -0.05) is 99.9 Å². The van der Waals surface area contributed by atoms with Crippen molar-refractivity contribution in [3.05, 3.63) is 71.8 Å². The largest absolute Gasteiger partial charge is 0.494 e. The summed E-state index contributed by atoms with van der Waals surface area (Å²) in [5, 5.41) is 8.75. The van der Waals surface area contributed by atoms with E-state index in [0.29, 0.717) is 12.2 Å². The monoisotopic (exact) mass is 408 g/mol. The predicted molar refractivity (Wildman–Crippen MR) is 125 cm³/mol. The van der Waals surface area contributed by atoms with Crippen LogP contribution in [0, 0.1) is 0 Å². The van der Waals surface area contributed by atoms with E-state index in [1.54, 1.807) is 6.08 Å². The van der Waals surface area contributed by atoms with Crippen LogP contribution in [0.2, 0.25) is 0 Å². The summed E-state index contributed by atoms with van der Waals surface area (Å²) in [4.78, 5) is 12.1. The molecular weight excluding hydrogens is 372 g/mol. The second-order valence-electron chi connectivity index (χ2n) is 7.74. The van der Waals surface area contributed by atoms with Crippen LogP contribution >= 0.6 is 0 Å². The minimum absolute atomic E-state index is 0.0117. The molecule has 0 aliphatic rings. The molecule has 30 heavy (non-hydrogen) atoms. The van der Waals surface area contributed by atoms with Gasteiger partial charge in [-0.25, -0.2) is 0 Å². The van der Waals surface area contributed by atoms with Crippen LogP contribution in [0.15, 0.2) is 60.7 Å². The number of rotatable bonds is 16. The van der Waals surface area contributed by atoms with Crippen molar-refractivity contribution in [2.45, 2.75) is 64.2 Å². The number of aliphatic hydroxyl groups is 1. The molecule has 3 heteroatoms. The Morgan fingerprint density at radius 3 is 1.90 bits per heavy atom. The van der Waals surface area contributed by atoms with Crippen LogP contribution in [0.25, 0.3) is 6.08 Å². The van der Waals surface area contributed by atoms with E-state index in [0.717, 1.165) is 37.2 Å². The molecule has 2 rings (SSSR count). The quantitative estimate of drug-likeness (QED) is 0.188. The molecule has 2 aromatic rings. The zero-order chi connectivity index (χ0) is 21.3. The fourth-order valence-electron chi connectivity index (χ4n) is 3.36. The van der Waals surface area contributed by atoms with Crippen LogP contribution in [0.3, 0.4) is 0 Å². The molecule has 0 spiro atoms. The summed E-state index contributed by atoms with van der Waals surface area (Å²) >= 11 is 0. The van der Waals surface area contributed by atoms with Crippen LogP contribution in [0.1, 0.15) is 80.1 Å². The Morgan fingerprint density at radius 1 is 0.733 bits per heavy atom. The van der Waals surface area contributed by atoms with Crippen molar-refractivity contribution in [1.29, 1.82) is 0 Å². The topological polar surface area (TPSA) is 46.5 Å². The van der Waals surface area contributed by atoms with Crippen molar-refractivity contribution in [2.75, 3.05) is 13.2 Å². The van der Waals surface area contributed by atoms with Crippen molar-refractivity contribution in [2.24, 2.45) is 0 Å². The third-order valence-electron chi connectivity index (χ3n) is 5.19. The maximum atomic E-state index is 12.1. The second kappa shape index (κ2) is 15.4. The van der Waals surface area contributed by atoms with Gasteiger partial charge >= 0.3 is 0 Å². The van der Waals surface area contributed by atoms with Crippen LogP contribution in [0.4, 0.5) is 0 Å². The molecule has 0 radical (unpaired) electrons. The zero-order valence-electron chi connectivity index (χ0n) is 18.1. The molecule has 0 saturated carbocycles. The Morgan fingerprint density at radius 2 is 1.30 bits per heavy atom. The Labute approximate surface area is 181 Å². The zero-order valence-corrected chi connectivity index (χ0v) is 18.1. The molecule has 0 heterocycles. The Balaban J connectivity index is 1.53.